The second kappa shape index (κ2) is 23.0. The minimum absolute atomic E-state index is 0.0347. The lowest BCUT2D eigenvalue weighted by Gasteiger charge is -2.36. The molecule has 4 aromatic rings. The molecule has 25 heteroatoms. The molecule has 4 saturated heterocycles. The number of ketones is 2. The van der Waals surface area contributed by atoms with Crippen molar-refractivity contribution in [3.05, 3.63) is 71.3 Å². The largest absolute Gasteiger partial charge is 0.489 e. The van der Waals surface area contributed by atoms with Gasteiger partial charge in [-0.1, -0.05) is 13.8 Å². The summed E-state index contributed by atoms with van der Waals surface area (Å²) >= 11 is 0. The van der Waals surface area contributed by atoms with Crippen molar-refractivity contribution in [2.75, 3.05) is 83.7 Å². The van der Waals surface area contributed by atoms with Crippen molar-refractivity contribution >= 4 is 52.2 Å². The van der Waals surface area contributed by atoms with Crippen LogP contribution in [0.1, 0.15) is 99.3 Å². The number of nitrogens with two attached hydrogens (primary N) is 1. The van der Waals surface area contributed by atoms with E-state index in [0.717, 1.165) is 44.6 Å². The highest BCUT2D eigenvalue weighted by Gasteiger charge is 2.44. The molecule has 19 nitrogen and oxygen atoms in total. The maximum absolute atomic E-state index is 13.5. The van der Waals surface area contributed by atoms with Gasteiger partial charge >= 0.3 is 18.4 Å². The summed E-state index contributed by atoms with van der Waals surface area (Å²) in [7, 11) is 0. The first-order valence-electron chi connectivity index (χ1n) is 25.8. The fourth-order valence-electron chi connectivity index (χ4n) is 9.78. The molecule has 0 unspecified atom stereocenters. The highest BCUT2D eigenvalue weighted by molar-refractivity contribution is 6.05. The monoisotopic (exact) mass is 1100 g/mol. The average Bonchev–Trinajstić information content (AvgIpc) is 4.34. The number of urea groups is 1. The average molecular weight is 1100 g/mol. The molecule has 4 aromatic heterocycles. The molecule has 0 aromatic carbocycles. The van der Waals surface area contributed by atoms with Crippen LogP contribution < -0.4 is 40.5 Å². The predicted molar refractivity (Wildman–Crippen MR) is 276 cm³/mol. The van der Waals surface area contributed by atoms with Gasteiger partial charge in [-0.2, -0.15) is 26.3 Å². The van der Waals surface area contributed by atoms with Crippen LogP contribution in [0.4, 0.5) is 65.8 Å². The summed E-state index contributed by atoms with van der Waals surface area (Å²) in [6.45, 7) is 17.9. The molecule has 4 bridgehead atoms. The first-order valence-corrected chi connectivity index (χ1v) is 25.8. The smallest absolute Gasteiger partial charge is 0.391 e. The fraction of sp³-hybridized carbons (Fsp3) is 0.566. The molecule has 6 atom stereocenters. The number of nitrogens with zero attached hydrogens (tertiary/aromatic N) is 7. The topological polar surface area (TPSA) is 218 Å². The van der Waals surface area contributed by atoms with E-state index in [9.17, 15) is 40.7 Å². The molecule has 78 heavy (non-hydrogen) atoms. The Morgan fingerprint density at radius 1 is 0.756 bits per heavy atom. The quantitative estimate of drug-likeness (QED) is 0.0840. The Hall–Kier alpha value is -6.57. The number of nitrogens with one attached hydrogen (secondary N) is 2. The second-order valence-electron chi connectivity index (χ2n) is 21.2. The first kappa shape index (κ1) is 57.6. The number of carbonyl (C=O) groups is 3. The molecule has 10 rings (SSSR count). The number of halogens is 6. The van der Waals surface area contributed by atoms with Crippen molar-refractivity contribution < 1.29 is 69.1 Å². The fourth-order valence-corrected chi connectivity index (χ4v) is 9.78. The summed E-state index contributed by atoms with van der Waals surface area (Å²) in [5.74, 6) is -3.08. The third-order valence-electron chi connectivity index (χ3n) is 13.9. The van der Waals surface area contributed by atoms with Gasteiger partial charge in [0.2, 0.25) is 0 Å². The highest BCUT2D eigenvalue weighted by Crippen LogP contribution is 2.43. The van der Waals surface area contributed by atoms with Crippen LogP contribution in [0.2, 0.25) is 0 Å². The van der Waals surface area contributed by atoms with Crippen LogP contribution in [0.25, 0.3) is 0 Å². The summed E-state index contributed by atoms with van der Waals surface area (Å²) in [6, 6.07) is 9.46. The van der Waals surface area contributed by atoms with E-state index >= 15 is 0 Å². The number of Topliss-reactive ketones (excluding diaryl/α,β-unsaturated/α-hetero) is 2. The lowest BCUT2D eigenvalue weighted by Crippen LogP contribution is -2.48. The molecule has 0 spiro atoms. The predicted octanol–water partition coefficient (Wildman–Crippen LogP) is 9.08. The standard InChI is InChI=1S/C27H32F3N5O5.C15H18F3N3O.C11H16N2O3/c1-15-9-20(21(36)10-16(2)27(28,29)30)32-24-23(15)34-8-7-17(12-34)35(24)25(37)33-22-6-5-18(11-31-22)38-13-19-14-39-26(3,4)40-19;1-8-5-11(12(22)6-9(2)15(16,17)18)20-14-13(8)21-4-3-10(7-21)19-14;1-11(2)15-7-9(16-11)6-14-8-3-4-10(12)13-5-8/h5-6,9,11,16-17,19H,7-8,10,12-14H2,1-4H3,(H,31,33,37);5,9-10H,3-4,6-7H2,1-2H3,(H,19,20);3-5,9H,6-7H2,1-2H3,(H2,12,13)/t16-,17-,19+;9-,10-;9-/m001/s1. The third-order valence-corrected chi connectivity index (χ3v) is 13.9. The molecule has 4 fully saturated rings. The van der Waals surface area contributed by atoms with E-state index in [4.69, 9.17) is 34.2 Å². The van der Waals surface area contributed by atoms with Crippen LogP contribution in [0.5, 0.6) is 11.5 Å². The Balaban J connectivity index is 0.000000176. The number of pyridine rings is 4. The lowest BCUT2D eigenvalue weighted by molar-refractivity contribution is -0.169. The van der Waals surface area contributed by atoms with Gasteiger partial charge in [0, 0.05) is 45.1 Å². The number of fused-ring (bicyclic) bond motifs is 8. The number of carbonyl (C=O) groups excluding carboxylic acids is 3. The zero-order chi connectivity index (χ0) is 56.5. The summed E-state index contributed by atoms with van der Waals surface area (Å²) in [4.78, 5) is 61.1. The van der Waals surface area contributed by atoms with Gasteiger partial charge in [-0.05, 0) is 102 Å². The Kier molecular flexibility index (Phi) is 17.0. The lowest BCUT2D eigenvalue weighted by atomic mass is 10.0. The van der Waals surface area contributed by atoms with Gasteiger partial charge in [0.1, 0.15) is 59.9 Å². The second-order valence-corrected chi connectivity index (χ2v) is 21.2. The molecule has 0 radical (unpaired) electrons. The number of rotatable bonds is 13. The molecule has 0 saturated carbocycles. The normalized spacial score (nSPS) is 22.2. The SMILES string of the molecule is CC1(C)OC[C@@H](COc2ccc(N)nc2)O1.Cc1cc(C(=O)C[C@H](C)C(F)(F)F)nc2c1N1CC[C@@H](C1)N2.Cc1cc(C(=O)C[C@H](C)C(F)(F)F)nc2c1N1CC[C@@H](C1)N2C(=O)Nc1ccc(OC[C@@H]2COC(C)(C)O2)cn1. The zero-order valence-corrected chi connectivity index (χ0v) is 44.7. The maximum atomic E-state index is 13.5. The number of alkyl halides is 6. The van der Waals surface area contributed by atoms with Crippen LogP contribution in [0.15, 0.2) is 48.8 Å². The minimum Gasteiger partial charge on any atom is -0.489 e. The number of hydrogen-bond acceptors (Lipinski definition) is 17. The van der Waals surface area contributed by atoms with Crippen LogP contribution in [0.3, 0.4) is 0 Å². The number of anilines is 6. The first-order chi connectivity index (χ1) is 36.6. The summed E-state index contributed by atoms with van der Waals surface area (Å²) in [5, 5.41) is 6.05. The molecule has 2 amide bonds. The third kappa shape index (κ3) is 14.2. The maximum Gasteiger partial charge on any atom is 0.391 e. The number of nitrogen functional groups attached to an aromatic ring is 1. The van der Waals surface area contributed by atoms with E-state index < -0.39 is 66.2 Å². The van der Waals surface area contributed by atoms with Gasteiger partial charge in [-0.3, -0.25) is 19.8 Å². The molecular weight excluding hydrogens is 1030 g/mol. The van der Waals surface area contributed by atoms with E-state index in [1.807, 2.05) is 34.6 Å². The van der Waals surface area contributed by atoms with Crippen molar-refractivity contribution in [3.8, 4) is 11.5 Å². The van der Waals surface area contributed by atoms with Crippen LogP contribution in [-0.4, -0.2) is 138 Å². The van der Waals surface area contributed by atoms with Gasteiger partial charge in [-0.15, -0.1) is 0 Å². The molecule has 6 aliphatic heterocycles. The summed E-state index contributed by atoms with van der Waals surface area (Å²) in [5.41, 5.74) is 8.70. The minimum atomic E-state index is -4.49. The van der Waals surface area contributed by atoms with Gasteiger partial charge in [0.15, 0.2) is 34.8 Å². The zero-order valence-electron chi connectivity index (χ0n) is 44.7. The van der Waals surface area contributed by atoms with Gasteiger partial charge in [-0.25, -0.2) is 24.7 Å². The molecule has 4 N–H and O–H groups in total. The molecular formula is C53H66F6N10O9. The molecule has 0 aliphatic carbocycles. The van der Waals surface area contributed by atoms with Crippen molar-refractivity contribution in [1.82, 2.24) is 19.9 Å². The Morgan fingerprint density at radius 3 is 1.79 bits per heavy atom. The Bertz CT molecular complexity index is 2800. The Morgan fingerprint density at radius 2 is 1.28 bits per heavy atom. The molecule has 424 valence electrons. The Labute approximate surface area is 447 Å². The summed E-state index contributed by atoms with van der Waals surface area (Å²) < 4.78 is 111. The van der Waals surface area contributed by atoms with Crippen LogP contribution in [-0.2, 0) is 18.9 Å². The van der Waals surface area contributed by atoms with Crippen molar-refractivity contribution in [3.63, 3.8) is 0 Å². The number of amides is 2. The van der Waals surface area contributed by atoms with E-state index in [1.165, 1.54) is 17.2 Å². The van der Waals surface area contributed by atoms with Crippen LogP contribution in [0, 0.1) is 25.7 Å². The molecule has 6 aliphatic rings. The number of aryl methyl sites for hydroxylation is 2. The van der Waals surface area contributed by atoms with Gasteiger partial charge in [0.05, 0.1) is 54.9 Å². The summed E-state index contributed by atoms with van der Waals surface area (Å²) in [6.07, 6.45) is -5.61. The van der Waals surface area contributed by atoms with E-state index in [2.05, 4.69) is 40.4 Å². The van der Waals surface area contributed by atoms with E-state index in [0.29, 0.717) is 79.8 Å². The van der Waals surface area contributed by atoms with E-state index in [1.54, 1.807) is 43.5 Å². The van der Waals surface area contributed by atoms with Crippen LogP contribution >= 0.6 is 0 Å². The number of aromatic nitrogens is 4. The highest BCUT2D eigenvalue weighted by atomic mass is 19.4. The van der Waals surface area contributed by atoms with Crippen molar-refractivity contribution in [1.29, 1.82) is 0 Å². The van der Waals surface area contributed by atoms with Gasteiger partial charge < -0.3 is 49.3 Å². The van der Waals surface area contributed by atoms with E-state index in [-0.39, 0.29) is 47.9 Å². The van der Waals surface area contributed by atoms with Gasteiger partial charge in [0.25, 0.3) is 0 Å². The van der Waals surface area contributed by atoms with Crippen molar-refractivity contribution in [2.24, 2.45) is 11.8 Å². The molecule has 10 heterocycles. The number of ether oxygens (including phenoxy) is 6. The van der Waals surface area contributed by atoms with Crippen molar-refractivity contribution in [2.45, 2.75) is 129 Å². The number of hydrogen-bond donors (Lipinski definition) is 3.